The molecular weight excluding hydrogens is 361 g/mol. The maximum atomic E-state index is 12.5. The summed E-state index contributed by atoms with van der Waals surface area (Å²) in [6.45, 7) is 3.50. The van der Waals surface area contributed by atoms with Crippen molar-refractivity contribution in [3.05, 3.63) is 29.8 Å². The van der Waals surface area contributed by atoms with E-state index < -0.39 is 6.36 Å². The van der Waals surface area contributed by atoms with E-state index in [0.717, 1.165) is 19.7 Å². The van der Waals surface area contributed by atoms with Gasteiger partial charge in [0.25, 0.3) is 0 Å². The lowest BCUT2D eigenvalue weighted by Gasteiger charge is -2.35. The van der Waals surface area contributed by atoms with Gasteiger partial charge in [0.15, 0.2) is 5.96 Å². The van der Waals surface area contributed by atoms with Gasteiger partial charge in [-0.05, 0) is 25.5 Å². The summed E-state index contributed by atoms with van der Waals surface area (Å²) in [7, 11) is 1.62. The molecule has 9 heteroatoms. The molecule has 2 atom stereocenters. The maximum Gasteiger partial charge on any atom is 0.573 e. The second-order valence-electron chi connectivity index (χ2n) is 6.71. The van der Waals surface area contributed by atoms with Gasteiger partial charge in [-0.3, -0.25) is 9.89 Å². The molecule has 2 heterocycles. The van der Waals surface area contributed by atoms with Gasteiger partial charge in [0.1, 0.15) is 5.75 Å². The van der Waals surface area contributed by atoms with E-state index in [1.807, 2.05) is 0 Å². The standard InChI is InChI=1S/C18H25F3N4O2/c1-22-17(24-10-15-11-25-8-4-6-14(25)12-26-15)23-9-13-5-2-3-7-16(13)27-18(19,20)21/h2-3,5,7,14-15H,4,6,8-12H2,1H3,(H2,22,23,24). The van der Waals surface area contributed by atoms with Gasteiger partial charge in [-0.15, -0.1) is 13.2 Å². The molecule has 27 heavy (non-hydrogen) atoms. The fourth-order valence-corrected chi connectivity index (χ4v) is 3.49. The molecule has 0 spiro atoms. The lowest BCUT2D eigenvalue weighted by molar-refractivity contribution is -0.274. The molecule has 1 aromatic carbocycles. The summed E-state index contributed by atoms with van der Waals surface area (Å²) in [6, 6.07) is 6.59. The minimum absolute atomic E-state index is 0.0683. The Hall–Kier alpha value is -2.00. The van der Waals surface area contributed by atoms with Crippen LogP contribution in [-0.2, 0) is 11.3 Å². The normalized spacial score (nSPS) is 23.8. The van der Waals surface area contributed by atoms with Gasteiger partial charge in [-0.2, -0.15) is 0 Å². The first-order chi connectivity index (χ1) is 12.9. The quantitative estimate of drug-likeness (QED) is 0.600. The van der Waals surface area contributed by atoms with Crippen LogP contribution in [0.4, 0.5) is 13.2 Å². The molecule has 2 aliphatic heterocycles. The number of para-hydroxylation sites is 1. The first-order valence-corrected chi connectivity index (χ1v) is 9.08. The summed E-state index contributed by atoms with van der Waals surface area (Å²) in [4.78, 5) is 6.58. The van der Waals surface area contributed by atoms with Crippen molar-refractivity contribution >= 4 is 5.96 Å². The summed E-state index contributed by atoms with van der Waals surface area (Å²) in [6.07, 6.45) is -2.24. The van der Waals surface area contributed by atoms with Crippen LogP contribution in [0.1, 0.15) is 18.4 Å². The van der Waals surface area contributed by atoms with E-state index in [0.29, 0.717) is 24.1 Å². The van der Waals surface area contributed by atoms with E-state index >= 15 is 0 Å². The van der Waals surface area contributed by atoms with E-state index in [2.05, 4.69) is 25.3 Å². The van der Waals surface area contributed by atoms with Crippen molar-refractivity contribution in [1.82, 2.24) is 15.5 Å². The van der Waals surface area contributed by atoms with Gasteiger partial charge in [0, 0.05) is 38.3 Å². The smallest absolute Gasteiger partial charge is 0.405 e. The number of nitrogens with zero attached hydrogens (tertiary/aromatic N) is 2. The number of halogens is 3. The number of guanidine groups is 1. The Kier molecular flexibility index (Phi) is 6.43. The number of hydrogen-bond acceptors (Lipinski definition) is 4. The Balaban J connectivity index is 1.48. The molecule has 0 radical (unpaired) electrons. The van der Waals surface area contributed by atoms with Crippen LogP contribution in [0.3, 0.4) is 0 Å². The second kappa shape index (κ2) is 8.79. The van der Waals surface area contributed by atoms with E-state index in [-0.39, 0.29) is 18.4 Å². The highest BCUT2D eigenvalue weighted by atomic mass is 19.4. The molecule has 2 aliphatic rings. The van der Waals surface area contributed by atoms with Crippen molar-refractivity contribution in [2.24, 2.45) is 4.99 Å². The minimum Gasteiger partial charge on any atom is -0.405 e. The predicted octanol–water partition coefficient (Wildman–Crippen LogP) is 2.11. The maximum absolute atomic E-state index is 12.5. The molecule has 0 aliphatic carbocycles. The van der Waals surface area contributed by atoms with Crippen LogP contribution in [0.5, 0.6) is 5.75 Å². The fourth-order valence-electron chi connectivity index (χ4n) is 3.49. The largest absolute Gasteiger partial charge is 0.573 e. The summed E-state index contributed by atoms with van der Waals surface area (Å²) in [5, 5.41) is 6.20. The van der Waals surface area contributed by atoms with Crippen molar-refractivity contribution in [1.29, 1.82) is 0 Å². The summed E-state index contributed by atoms with van der Waals surface area (Å²) < 4.78 is 47.5. The summed E-state index contributed by atoms with van der Waals surface area (Å²) in [5.74, 6) is 0.285. The average molecular weight is 386 g/mol. The SMILES string of the molecule is CN=C(NCc1ccccc1OC(F)(F)F)NCC1CN2CCCC2CO1. The van der Waals surface area contributed by atoms with Crippen LogP contribution >= 0.6 is 0 Å². The molecule has 0 amide bonds. The zero-order valence-corrected chi connectivity index (χ0v) is 15.3. The van der Waals surface area contributed by atoms with Gasteiger partial charge >= 0.3 is 6.36 Å². The molecule has 150 valence electrons. The number of ether oxygens (including phenoxy) is 2. The molecule has 2 unspecified atom stereocenters. The third-order valence-electron chi connectivity index (χ3n) is 4.83. The van der Waals surface area contributed by atoms with Gasteiger partial charge in [0.2, 0.25) is 0 Å². The lowest BCUT2D eigenvalue weighted by Crippen LogP contribution is -2.51. The number of rotatable bonds is 5. The molecule has 0 bridgehead atoms. The zero-order chi connectivity index (χ0) is 19.3. The topological polar surface area (TPSA) is 58.1 Å². The molecule has 2 fully saturated rings. The number of morpholine rings is 1. The third-order valence-corrected chi connectivity index (χ3v) is 4.83. The van der Waals surface area contributed by atoms with Gasteiger partial charge in [-0.25, -0.2) is 0 Å². The van der Waals surface area contributed by atoms with Crippen molar-refractivity contribution in [2.75, 3.05) is 33.3 Å². The molecular formula is C18H25F3N4O2. The van der Waals surface area contributed by atoms with E-state index in [1.54, 1.807) is 19.2 Å². The average Bonchev–Trinajstić information content (AvgIpc) is 3.09. The molecule has 1 aromatic rings. The number of aliphatic imine (C=N–C) groups is 1. The van der Waals surface area contributed by atoms with Crippen molar-refractivity contribution in [3.63, 3.8) is 0 Å². The Morgan fingerprint density at radius 1 is 1.33 bits per heavy atom. The Labute approximate surface area is 156 Å². The summed E-state index contributed by atoms with van der Waals surface area (Å²) >= 11 is 0. The number of nitrogens with one attached hydrogen (secondary N) is 2. The van der Waals surface area contributed by atoms with E-state index in [1.165, 1.54) is 25.0 Å². The first-order valence-electron chi connectivity index (χ1n) is 9.08. The number of fused-ring (bicyclic) bond motifs is 1. The van der Waals surface area contributed by atoms with Crippen molar-refractivity contribution in [2.45, 2.75) is 37.9 Å². The molecule has 6 nitrogen and oxygen atoms in total. The molecule has 2 saturated heterocycles. The molecule has 3 rings (SSSR count). The Morgan fingerprint density at radius 3 is 2.93 bits per heavy atom. The van der Waals surface area contributed by atoms with E-state index in [4.69, 9.17) is 4.74 Å². The molecule has 0 aromatic heterocycles. The van der Waals surface area contributed by atoms with Crippen LogP contribution < -0.4 is 15.4 Å². The van der Waals surface area contributed by atoms with Crippen LogP contribution in [0.25, 0.3) is 0 Å². The van der Waals surface area contributed by atoms with Crippen molar-refractivity contribution in [3.8, 4) is 5.75 Å². The highest BCUT2D eigenvalue weighted by Gasteiger charge is 2.33. The van der Waals surface area contributed by atoms with Crippen LogP contribution in [0.15, 0.2) is 29.3 Å². The van der Waals surface area contributed by atoms with Gasteiger partial charge < -0.3 is 20.1 Å². The number of benzene rings is 1. The third kappa shape index (κ3) is 5.74. The van der Waals surface area contributed by atoms with Gasteiger partial charge in [-0.1, -0.05) is 18.2 Å². The zero-order valence-electron chi connectivity index (χ0n) is 15.3. The minimum atomic E-state index is -4.72. The Morgan fingerprint density at radius 2 is 2.15 bits per heavy atom. The summed E-state index contributed by atoms with van der Waals surface area (Å²) in [5.41, 5.74) is 0.395. The second-order valence-corrected chi connectivity index (χ2v) is 6.71. The number of hydrogen-bond donors (Lipinski definition) is 2. The lowest BCUT2D eigenvalue weighted by atomic mass is 10.2. The van der Waals surface area contributed by atoms with Crippen molar-refractivity contribution < 1.29 is 22.6 Å². The Bertz CT molecular complexity index is 654. The van der Waals surface area contributed by atoms with E-state index in [9.17, 15) is 13.2 Å². The van der Waals surface area contributed by atoms with Crippen LogP contribution in [0.2, 0.25) is 0 Å². The highest BCUT2D eigenvalue weighted by Crippen LogP contribution is 2.26. The molecule has 2 N–H and O–H groups in total. The first kappa shape index (κ1) is 19.8. The van der Waals surface area contributed by atoms with Crippen LogP contribution in [0, 0.1) is 0 Å². The number of alkyl halides is 3. The monoisotopic (exact) mass is 386 g/mol. The fraction of sp³-hybridized carbons (Fsp3) is 0.611. The molecule has 0 saturated carbocycles. The van der Waals surface area contributed by atoms with Gasteiger partial charge in [0.05, 0.1) is 12.7 Å². The van der Waals surface area contributed by atoms with Crippen LogP contribution in [-0.4, -0.2) is 62.7 Å². The predicted molar refractivity (Wildman–Crippen MR) is 95.7 cm³/mol. The highest BCUT2D eigenvalue weighted by molar-refractivity contribution is 5.79.